The van der Waals surface area contributed by atoms with Crippen LogP contribution in [0, 0.1) is 0 Å². The Morgan fingerprint density at radius 3 is 1.02 bits per heavy atom. The minimum absolute atomic E-state index is 0.267. The van der Waals surface area contributed by atoms with Crippen molar-refractivity contribution >= 4 is 5.97 Å². The van der Waals surface area contributed by atoms with Crippen molar-refractivity contribution in [2.24, 2.45) is 0 Å². The largest absolute Gasteiger partial charge is 0.463 e. The second-order valence-electron chi connectivity index (χ2n) is 27.2. The van der Waals surface area contributed by atoms with Crippen LogP contribution in [-0.4, -0.2) is 122 Å². The number of esters is 1. The maximum Gasteiger partial charge on any atom is 0.330 e. The summed E-state index contributed by atoms with van der Waals surface area (Å²) in [5.41, 5.74) is 0. The lowest BCUT2D eigenvalue weighted by Gasteiger charge is -2.29. The van der Waals surface area contributed by atoms with Crippen LogP contribution in [0.15, 0.2) is 36.5 Å². The normalized spacial score (nSPS) is 12.9. The number of aliphatic hydroxyl groups is 2. The van der Waals surface area contributed by atoms with Crippen molar-refractivity contribution < 1.29 is 19.7 Å². The molecule has 0 amide bonds. The highest BCUT2D eigenvalue weighted by Crippen LogP contribution is 2.18. The van der Waals surface area contributed by atoms with Gasteiger partial charge in [0.2, 0.25) is 0 Å². The van der Waals surface area contributed by atoms with Crippen LogP contribution in [-0.2, 0) is 9.53 Å². The summed E-state index contributed by atoms with van der Waals surface area (Å²) in [6.45, 7) is 20.7. The van der Waals surface area contributed by atoms with E-state index in [0.29, 0.717) is 32.8 Å². The van der Waals surface area contributed by atoms with Gasteiger partial charge >= 0.3 is 5.97 Å². The third-order valence-electron chi connectivity index (χ3n) is 18.3. The average molecular weight is 1230 g/mol. The molecule has 8 nitrogen and oxygen atoms in total. The van der Waals surface area contributed by atoms with E-state index in [4.69, 9.17) is 4.74 Å². The summed E-state index contributed by atoms with van der Waals surface area (Å²) in [5, 5.41) is 26.4. The molecule has 0 heterocycles. The van der Waals surface area contributed by atoms with Crippen molar-refractivity contribution in [3.8, 4) is 0 Å². The first kappa shape index (κ1) is 85.5. The number of aliphatic hydroxyl groups excluding tert-OH is 2. The molecule has 0 aromatic carbocycles. The zero-order valence-electron chi connectivity index (χ0n) is 59.6. The number of nitrogens with one attached hydrogen (secondary N) is 1. The molecule has 0 rings (SSSR count). The minimum Gasteiger partial charge on any atom is -0.463 e. The SMILES string of the molecule is C/C=C/CN(C/C=C/CCCCCCCCCCCCCCC)CC(O)CN(CCCCCCCCCCCCCC)CCCCN(CCCCCCCCCCCCCC)CC(O)CNC/C=C/C(=O)OCCCCCCCCCCCCCCC. The Morgan fingerprint density at radius 1 is 0.356 bits per heavy atom. The van der Waals surface area contributed by atoms with Crippen LogP contribution in [0.2, 0.25) is 0 Å². The standard InChI is InChI=1S/C79H156N4O4/c1-6-11-16-20-24-28-32-36-37-38-39-43-47-49-53-57-67-81(66-15-10-5)75-78(85)76-83(69-59-55-51-46-42-35-31-27-23-19-14-9-4)71-61-60-70-82(68-58-54-50-45-41-34-30-26-22-18-13-8-3)74-77(84)73-80-65-63-64-79(86)87-72-62-56-52-48-44-40-33-29-25-21-17-12-7-2/h10,15,53,57,63-64,77-78,80,84-85H,6-9,11-14,16-52,54-56,58-62,65-76H2,1-5H3/b15-10+,57-53+,64-63+. The molecule has 87 heavy (non-hydrogen) atoms. The van der Waals surface area contributed by atoms with E-state index in [1.54, 1.807) is 6.08 Å². The molecule has 516 valence electrons. The molecular formula is C79H156N4O4. The Balaban J connectivity index is 5.26. The van der Waals surface area contributed by atoms with Gasteiger partial charge in [0.05, 0.1) is 18.8 Å². The zero-order chi connectivity index (χ0) is 63.1. The highest BCUT2D eigenvalue weighted by atomic mass is 16.5. The van der Waals surface area contributed by atoms with Gasteiger partial charge in [-0.3, -0.25) is 4.90 Å². The molecule has 0 saturated carbocycles. The molecule has 0 fully saturated rings. The first-order valence-corrected chi connectivity index (χ1v) is 39.2. The fraction of sp³-hybridized carbons (Fsp3) is 0.911. The van der Waals surface area contributed by atoms with E-state index in [9.17, 15) is 15.0 Å². The lowest BCUT2D eigenvalue weighted by atomic mass is 10.0. The molecule has 0 aromatic rings. The van der Waals surface area contributed by atoms with Gasteiger partial charge in [-0.05, 0) is 78.0 Å². The highest BCUT2D eigenvalue weighted by Gasteiger charge is 2.17. The number of ether oxygens (including phenoxy) is 1. The van der Waals surface area contributed by atoms with Crippen LogP contribution >= 0.6 is 0 Å². The molecule has 3 N–H and O–H groups in total. The van der Waals surface area contributed by atoms with Gasteiger partial charge in [0.25, 0.3) is 0 Å². The fourth-order valence-corrected chi connectivity index (χ4v) is 12.6. The summed E-state index contributed by atoms with van der Waals surface area (Å²) in [6.07, 6.45) is 82.5. The number of allylic oxidation sites excluding steroid dienone is 2. The van der Waals surface area contributed by atoms with E-state index in [2.05, 4.69) is 78.9 Å². The van der Waals surface area contributed by atoms with E-state index in [1.165, 1.54) is 308 Å². The highest BCUT2D eigenvalue weighted by molar-refractivity contribution is 5.81. The molecule has 2 unspecified atom stereocenters. The smallest absolute Gasteiger partial charge is 0.330 e. The van der Waals surface area contributed by atoms with Crippen LogP contribution in [0.5, 0.6) is 0 Å². The lowest BCUT2D eigenvalue weighted by Crippen LogP contribution is -2.41. The Morgan fingerprint density at radius 2 is 0.655 bits per heavy atom. The van der Waals surface area contributed by atoms with Crippen LogP contribution in [0.3, 0.4) is 0 Å². The van der Waals surface area contributed by atoms with Crippen LogP contribution in [0.25, 0.3) is 0 Å². The molecular weight excluding hydrogens is 1070 g/mol. The van der Waals surface area contributed by atoms with Crippen LogP contribution in [0.4, 0.5) is 0 Å². The zero-order valence-corrected chi connectivity index (χ0v) is 59.6. The van der Waals surface area contributed by atoms with E-state index >= 15 is 0 Å². The van der Waals surface area contributed by atoms with E-state index in [0.717, 1.165) is 77.9 Å². The summed E-state index contributed by atoms with van der Waals surface area (Å²) in [6, 6.07) is 0. The molecule has 0 spiro atoms. The van der Waals surface area contributed by atoms with Crippen LogP contribution in [0.1, 0.15) is 375 Å². The fourth-order valence-electron chi connectivity index (χ4n) is 12.6. The number of hydrogen-bond acceptors (Lipinski definition) is 8. The number of unbranched alkanes of at least 4 members (excludes halogenated alkanes) is 48. The number of hydrogen-bond donors (Lipinski definition) is 3. The van der Waals surface area contributed by atoms with E-state index in [-0.39, 0.29) is 12.1 Å². The summed E-state index contributed by atoms with van der Waals surface area (Å²) in [4.78, 5) is 19.9. The molecule has 8 heteroatoms. The predicted octanol–water partition coefficient (Wildman–Crippen LogP) is 22.2. The Hall–Kier alpha value is -1.55. The van der Waals surface area contributed by atoms with E-state index < -0.39 is 6.10 Å². The Labute approximate surface area is 545 Å². The van der Waals surface area contributed by atoms with Gasteiger partial charge in [-0.1, -0.05) is 353 Å². The molecule has 0 bridgehead atoms. The van der Waals surface area contributed by atoms with Gasteiger partial charge in [0.15, 0.2) is 0 Å². The lowest BCUT2D eigenvalue weighted by molar-refractivity contribution is -0.137. The van der Waals surface area contributed by atoms with Gasteiger partial charge in [-0.15, -0.1) is 0 Å². The first-order valence-electron chi connectivity index (χ1n) is 39.2. The minimum atomic E-state index is -0.477. The third kappa shape index (κ3) is 68.6. The van der Waals surface area contributed by atoms with Crippen molar-refractivity contribution in [3.05, 3.63) is 36.5 Å². The Bertz CT molecular complexity index is 1410. The number of rotatable bonds is 74. The summed E-state index contributed by atoms with van der Waals surface area (Å²) in [5.74, 6) is -0.267. The molecule has 0 aliphatic carbocycles. The van der Waals surface area contributed by atoms with Crippen molar-refractivity contribution in [1.82, 2.24) is 20.0 Å². The number of carbonyl (C=O) groups excluding carboxylic acids is 1. The molecule has 0 saturated heterocycles. The topological polar surface area (TPSA) is 88.5 Å². The number of carbonyl (C=O) groups is 1. The predicted molar refractivity (Wildman–Crippen MR) is 386 cm³/mol. The second kappa shape index (κ2) is 73.5. The van der Waals surface area contributed by atoms with Crippen molar-refractivity contribution in [2.75, 3.05) is 78.6 Å². The summed E-state index contributed by atoms with van der Waals surface area (Å²) in [7, 11) is 0. The summed E-state index contributed by atoms with van der Waals surface area (Å²) < 4.78 is 5.49. The maximum atomic E-state index is 12.4. The average Bonchev–Trinajstić information content (AvgIpc) is 3.51. The number of nitrogens with zero attached hydrogens (tertiary/aromatic N) is 3. The molecule has 0 radical (unpaired) electrons. The Kier molecular flexibility index (Phi) is 72.2. The molecule has 0 aliphatic heterocycles. The second-order valence-corrected chi connectivity index (χ2v) is 27.2. The first-order chi connectivity index (χ1) is 42.9. The van der Waals surface area contributed by atoms with Crippen molar-refractivity contribution in [2.45, 2.75) is 387 Å². The summed E-state index contributed by atoms with van der Waals surface area (Å²) >= 11 is 0. The van der Waals surface area contributed by atoms with Crippen LogP contribution < -0.4 is 5.32 Å². The van der Waals surface area contributed by atoms with Crippen molar-refractivity contribution in [3.63, 3.8) is 0 Å². The molecule has 0 aliphatic rings. The van der Waals surface area contributed by atoms with Gasteiger partial charge < -0.3 is 30.1 Å². The molecule has 0 aromatic heterocycles. The molecule has 2 atom stereocenters. The van der Waals surface area contributed by atoms with Gasteiger partial charge in [0, 0.05) is 51.9 Å². The van der Waals surface area contributed by atoms with Gasteiger partial charge in [-0.25, -0.2) is 4.79 Å². The van der Waals surface area contributed by atoms with Gasteiger partial charge in [0.1, 0.15) is 0 Å². The van der Waals surface area contributed by atoms with Crippen molar-refractivity contribution in [1.29, 1.82) is 0 Å². The third-order valence-corrected chi connectivity index (χ3v) is 18.3. The quantitative estimate of drug-likeness (QED) is 0.0240. The van der Waals surface area contributed by atoms with E-state index in [1.807, 2.05) is 6.08 Å². The van der Waals surface area contributed by atoms with Gasteiger partial charge in [-0.2, -0.15) is 0 Å². The monoisotopic (exact) mass is 1230 g/mol. The maximum absolute atomic E-state index is 12.4.